The molecule has 1 saturated heterocycles. The molecule has 0 amide bonds. The van der Waals surface area contributed by atoms with Gasteiger partial charge in [-0.15, -0.1) is 0 Å². The van der Waals surface area contributed by atoms with Gasteiger partial charge in [-0.2, -0.15) is 8.42 Å². The smallest absolute Gasteiger partial charge is 0.394 e. The highest BCUT2D eigenvalue weighted by Crippen LogP contribution is 2.36. The Kier molecular flexibility index (Phi) is 8.54. The molecule has 30 heavy (non-hydrogen) atoms. The zero-order valence-corrected chi connectivity index (χ0v) is 17.9. The maximum absolute atomic E-state index is 12.9. The molecule has 7 nitrogen and oxygen atoms in total. The number of para-hydroxylation sites is 1. The quantitative estimate of drug-likeness (QED) is 0.467. The summed E-state index contributed by atoms with van der Waals surface area (Å²) in [5, 5.41) is 10.1. The first-order valence-corrected chi connectivity index (χ1v) is 11.3. The number of piperidine rings is 1. The van der Waals surface area contributed by atoms with Gasteiger partial charge in [0.2, 0.25) is 0 Å². The molecule has 0 radical (unpaired) electrons. The topological polar surface area (TPSA) is 115 Å². The van der Waals surface area contributed by atoms with Crippen LogP contribution in [0.5, 0.6) is 5.75 Å². The SMILES string of the molecule is CN1CCCCC1(CCc1ccccc1O)CC(=O)c1ccccc1.O=S(=O)(O)O. The van der Waals surface area contributed by atoms with E-state index >= 15 is 0 Å². The number of phenolic OH excluding ortho intramolecular Hbond substituents is 1. The van der Waals surface area contributed by atoms with Crippen LogP contribution in [0.3, 0.4) is 0 Å². The number of carbonyl (C=O) groups excluding carboxylic acids is 1. The highest BCUT2D eigenvalue weighted by atomic mass is 32.3. The Bertz CT molecular complexity index is 924. The largest absolute Gasteiger partial charge is 0.508 e. The van der Waals surface area contributed by atoms with Gasteiger partial charge in [-0.25, -0.2) is 0 Å². The zero-order valence-electron chi connectivity index (χ0n) is 17.1. The van der Waals surface area contributed by atoms with E-state index in [1.54, 1.807) is 6.07 Å². The van der Waals surface area contributed by atoms with Crippen molar-refractivity contribution in [3.05, 3.63) is 65.7 Å². The fourth-order valence-corrected chi connectivity index (χ4v) is 3.97. The fourth-order valence-electron chi connectivity index (χ4n) is 3.97. The molecule has 0 aliphatic carbocycles. The molecule has 0 spiro atoms. The van der Waals surface area contributed by atoms with Crippen LogP contribution in [0.4, 0.5) is 0 Å². The van der Waals surface area contributed by atoms with E-state index in [-0.39, 0.29) is 11.3 Å². The second-order valence-electron chi connectivity index (χ2n) is 7.65. The molecular weight excluding hydrogens is 406 g/mol. The molecule has 2 aromatic rings. The van der Waals surface area contributed by atoms with Gasteiger partial charge in [0.1, 0.15) is 5.75 Å². The lowest BCUT2D eigenvalue weighted by atomic mass is 9.77. The van der Waals surface area contributed by atoms with E-state index in [0.29, 0.717) is 12.2 Å². The Morgan fingerprint density at radius 1 is 1.03 bits per heavy atom. The van der Waals surface area contributed by atoms with Crippen molar-refractivity contribution in [1.29, 1.82) is 0 Å². The van der Waals surface area contributed by atoms with Crippen LogP contribution < -0.4 is 0 Å². The third-order valence-electron chi connectivity index (χ3n) is 5.63. The normalized spacial score (nSPS) is 19.6. The van der Waals surface area contributed by atoms with Crippen molar-refractivity contribution in [3.8, 4) is 5.75 Å². The Balaban J connectivity index is 0.000000575. The van der Waals surface area contributed by atoms with Crippen LogP contribution in [0.1, 0.15) is 48.0 Å². The van der Waals surface area contributed by atoms with Crippen molar-refractivity contribution in [2.45, 2.75) is 44.1 Å². The number of nitrogens with zero attached hydrogens (tertiary/aromatic N) is 1. The summed E-state index contributed by atoms with van der Waals surface area (Å²) in [6.07, 6.45) is 5.61. The highest BCUT2D eigenvalue weighted by molar-refractivity contribution is 7.79. The third kappa shape index (κ3) is 7.53. The van der Waals surface area contributed by atoms with Crippen LogP contribution in [-0.4, -0.2) is 52.4 Å². The molecule has 0 saturated carbocycles. The third-order valence-corrected chi connectivity index (χ3v) is 5.63. The minimum absolute atomic E-state index is 0.118. The van der Waals surface area contributed by atoms with Gasteiger partial charge in [0.25, 0.3) is 0 Å². The van der Waals surface area contributed by atoms with Gasteiger partial charge in [0.15, 0.2) is 5.78 Å². The number of benzene rings is 2. The first-order valence-electron chi connectivity index (χ1n) is 9.87. The average molecular weight is 436 g/mol. The number of aromatic hydroxyl groups is 1. The van der Waals surface area contributed by atoms with Crippen LogP contribution >= 0.6 is 0 Å². The van der Waals surface area contributed by atoms with E-state index in [1.165, 1.54) is 6.42 Å². The molecule has 1 unspecified atom stereocenters. The fraction of sp³-hybridized carbons (Fsp3) is 0.409. The molecule has 0 bridgehead atoms. The summed E-state index contributed by atoms with van der Waals surface area (Å²) in [5.74, 6) is 0.567. The Hall–Kier alpha value is -2.26. The predicted molar refractivity (Wildman–Crippen MR) is 115 cm³/mol. The molecule has 3 rings (SSSR count). The molecule has 0 aromatic heterocycles. The molecule has 1 aliphatic heterocycles. The van der Waals surface area contributed by atoms with Gasteiger partial charge < -0.3 is 10.0 Å². The lowest BCUT2D eigenvalue weighted by Crippen LogP contribution is -2.51. The van der Waals surface area contributed by atoms with Crippen LogP contribution in [0.25, 0.3) is 0 Å². The Morgan fingerprint density at radius 2 is 1.63 bits per heavy atom. The van der Waals surface area contributed by atoms with Crippen molar-refractivity contribution in [2.24, 2.45) is 0 Å². The van der Waals surface area contributed by atoms with Gasteiger partial charge in [-0.05, 0) is 50.9 Å². The summed E-state index contributed by atoms with van der Waals surface area (Å²) in [4.78, 5) is 15.2. The molecule has 1 fully saturated rings. The van der Waals surface area contributed by atoms with Crippen LogP contribution in [0, 0.1) is 0 Å². The van der Waals surface area contributed by atoms with E-state index in [0.717, 1.165) is 43.4 Å². The van der Waals surface area contributed by atoms with Crippen molar-refractivity contribution in [1.82, 2.24) is 4.90 Å². The molecule has 1 heterocycles. The molecular formula is C22H29NO6S. The van der Waals surface area contributed by atoms with Gasteiger partial charge in [-0.3, -0.25) is 13.9 Å². The number of rotatable bonds is 6. The average Bonchev–Trinajstić information content (AvgIpc) is 2.69. The van der Waals surface area contributed by atoms with Gasteiger partial charge in [0, 0.05) is 17.5 Å². The number of phenols is 1. The number of hydrogen-bond donors (Lipinski definition) is 3. The highest BCUT2D eigenvalue weighted by Gasteiger charge is 2.38. The number of likely N-dealkylation sites (tertiary alicyclic amines) is 1. The molecule has 164 valence electrons. The first-order chi connectivity index (χ1) is 14.1. The Morgan fingerprint density at radius 3 is 2.23 bits per heavy atom. The van der Waals surface area contributed by atoms with Gasteiger partial charge in [-0.1, -0.05) is 55.0 Å². The molecule has 1 atom stereocenters. The Labute approximate surface area is 177 Å². The second kappa shape index (κ2) is 10.7. The second-order valence-corrected chi connectivity index (χ2v) is 8.54. The summed E-state index contributed by atoms with van der Waals surface area (Å²) >= 11 is 0. The maximum atomic E-state index is 12.9. The van der Waals surface area contributed by atoms with Crippen LogP contribution in [0.15, 0.2) is 54.6 Å². The van der Waals surface area contributed by atoms with E-state index in [4.69, 9.17) is 17.5 Å². The first kappa shape index (κ1) is 24.0. The minimum Gasteiger partial charge on any atom is -0.508 e. The number of carbonyl (C=O) groups is 1. The summed E-state index contributed by atoms with van der Waals surface area (Å²) in [6, 6.07) is 17.1. The lowest BCUT2D eigenvalue weighted by molar-refractivity contribution is 0.0494. The summed E-state index contributed by atoms with van der Waals surface area (Å²) in [6.45, 7) is 1.03. The van der Waals surface area contributed by atoms with E-state index in [2.05, 4.69) is 11.9 Å². The summed E-state index contributed by atoms with van der Waals surface area (Å²) in [7, 11) is -2.53. The molecule has 8 heteroatoms. The lowest BCUT2D eigenvalue weighted by Gasteiger charge is -2.45. The minimum atomic E-state index is -4.67. The standard InChI is InChI=1S/C22H27NO2.H2O4S/c1-23-16-8-7-14-22(23,15-13-19-11-5-6-12-20(19)24)17-21(25)18-9-3-2-4-10-18;1-5(2,3)4/h2-6,9-12,24H,7-8,13-17H2,1H3;(H2,1,2,3,4). The number of Topliss-reactive ketones (excluding diaryl/α,β-unsaturated/α-hetero) is 1. The van der Waals surface area contributed by atoms with Crippen LogP contribution in [0.2, 0.25) is 0 Å². The van der Waals surface area contributed by atoms with Gasteiger partial charge >= 0.3 is 10.4 Å². The van der Waals surface area contributed by atoms with Crippen LogP contribution in [-0.2, 0) is 16.8 Å². The summed E-state index contributed by atoms with van der Waals surface area (Å²) < 4.78 is 31.6. The number of hydrogen-bond acceptors (Lipinski definition) is 5. The van der Waals surface area contributed by atoms with Crippen molar-refractivity contribution in [3.63, 3.8) is 0 Å². The van der Waals surface area contributed by atoms with E-state index in [9.17, 15) is 9.90 Å². The van der Waals surface area contributed by atoms with Crippen molar-refractivity contribution in [2.75, 3.05) is 13.6 Å². The van der Waals surface area contributed by atoms with Gasteiger partial charge in [0.05, 0.1) is 0 Å². The maximum Gasteiger partial charge on any atom is 0.394 e. The number of aryl methyl sites for hydroxylation is 1. The van der Waals surface area contributed by atoms with E-state index in [1.807, 2.05) is 48.5 Å². The molecule has 2 aromatic carbocycles. The zero-order chi connectivity index (χ0) is 22.2. The van der Waals surface area contributed by atoms with E-state index < -0.39 is 10.4 Å². The molecule has 1 aliphatic rings. The monoisotopic (exact) mass is 435 g/mol. The molecule has 3 N–H and O–H groups in total. The summed E-state index contributed by atoms with van der Waals surface area (Å²) in [5.41, 5.74) is 1.64. The predicted octanol–water partition coefficient (Wildman–Crippen LogP) is 3.80. The van der Waals surface area contributed by atoms with Crippen molar-refractivity contribution < 1.29 is 27.4 Å². The number of ketones is 1. The van der Waals surface area contributed by atoms with Crippen molar-refractivity contribution >= 4 is 16.2 Å².